The second kappa shape index (κ2) is 9.41. The Kier molecular flexibility index (Phi) is 6.24. The number of aromatic nitrogens is 2. The normalized spacial score (nSPS) is 15.2. The van der Waals surface area contributed by atoms with Gasteiger partial charge in [0.1, 0.15) is 12.7 Å². The number of amides is 1. The molecule has 1 aromatic heterocycles. The Morgan fingerprint density at radius 3 is 2.70 bits per heavy atom. The number of nitrogens with one attached hydrogen (secondary N) is 1. The van der Waals surface area contributed by atoms with Gasteiger partial charge in [-0.1, -0.05) is 42.4 Å². The molecule has 156 valence electrons. The number of carbonyl (C=O) groups is 1. The van der Waals surface area contributed by atoms with E-state index >= 15 is 0 Å². The zero-order chi connectivity index (χ0) is 20.8. The fourth-order valence-corrected chi connectivity index (χ4v) is 3.21. The van der Waals surface area contributed by atoms with Crippen LogP contribution in [0.1, 0.15) is 29.0 Å². The van der Waals surface area contributed by atoms with E-state index in [1.54, 1.807) is 12.1 Å². The molecule has 1 atom stereocenters. The molecule has 2 heterocycles. The molecule has 1 aliphatic rings. The minimum Gasteiger partial charge on any atom is -0.486 e. The van der Waals surface area contributed by atoms with Gasteiger partial charge in [-0.25, -0.2) is 0 Å². The van der Waals surface area contributed by atoms with Crippen LogP contribution in [0.4, 0.5) is 0 Å². The number of carbonyl (C=O) groups excluding carboxylic acids is 1. The van der Waals surface area contributed by atoms with Crippen molar-refractivity contribution in [1.29, 1.82) is 0 Å². The number of ether oxygens (including phenoxy) is 2. The van der Waals surface area contributed by atoms with Gasteiger partial charge in [-0.15, -0.1) is 0 Å². The maximum Gasteiger partial charge on any atom is 0.251 e. The highest BCUT2D eigenvalue weighted by molar-refractivity contribution is 5.93. The summed E-state index contributed by atoms with van der Waals surface area (Å²) in [7, 11) is 0. The Hall–Kier alpha value is -3.39. The molecule has 0 spiro atoms. The van der Waals surface area contributed by atoms with Crippen molar-refractivity contribution < 1.29 is 18.8 Å². The molecular weight excluding hydrogens is 384 g/mol. The van der Waals surface area contributed by atoms with Crippen molar-refractivity contribution in [3.05, 3.63) is 71.9 Å². The Morgan fingerprint density at radius 1 is 1.13 bits per heavy atom. The molecule has 8 nitrogen and oxygen atoms in total. The van der Waals surface area contributed by atoms with Crippen LogP contribution in [0.15, 0.2) is 59.1 Å². The molecule has 1 N–H and O–H groups in total. The monoisotopic (exact) mass is 408 g/mol. The third kappa shape index (κ3) is 4.96. The first kappa shape index (κ1) is 19.9. The summed E-state index contributed by atoms with van der Waals surface area (Å²) in [6, 6.07) is 16.7. The van der Waals surface area contributed by atoms with E-state index in [1.807, 2.05) is 42.5 Å². The van der Waals surface area contributed by atoms with Gasteiger partial charge < -0.3 is 19.3 Å². The Morgan fingerprint density at radius 2 is 1.90 bits per heavy atom. The smallest absolute Gasteiger partial charge is 0.251 e. The highest BCUT2D eigenvalue weighted by Gasteiger charge is 2.23. The van der Waals surface area contributed by atoms with E-state index in [0.29, 0.717) is 37.0 Å². The van der Waals surface area contributed by atoms with Crippen molar-refractivity contribution in [3.63, 3.8) is 0 Å². The molecule has 0 bridgehead atoms. The van der Waals surface area contributed by atoms with Crippen molar-refractivity contribution in [1.82, 2.24) is 20.4 Å². The molecule has 0 saturated heterocycles. The predicted molar refractivity (Wildman–Crippen MR) is 109 cm³/mol. The van der Waals surface area contributed by atoms with Crippen molar-refractivity contribution in [2.75, 3.05) is 19.7 Å². The molecule has 4 rings (SSSR count). The maximum absolute atomic E-state index is 12.1. The third-order valence-corrected chi connectivity index (χ3v) is 4.79. The molecule has 8 heteroatoms. The molecule has 3 aromatic rings. The van der Waals surface area contributed by atoms with Crippen LogP contribution >= 0.6 is 0 Å². The highest BCUT2D eigenvalue weighted by Crippen LogP contribution is 2.31. The van der Waals surface area contributed by atoms with E-state index in [4.69, 9.17) is 14.0 Å². The molecular formula is C22H24N4O4. The van der Waals surface area contributed by atoms with Crippen LogP contribution in [-0.2, 0) is 13.1 Å². The van der Waals surface area contributed by atoms with Crippen LogP contribution < -0.4 is 14.8 Å². The molecule has 1 aliphatic heterocycles. The lowest BCUT2D eigenvalue weighted by molar-refractivity contribution is 0.0551. The topological polar surface area (TPSA) is 89.7 Å². The summed E-state index contributed by atoms with van der Waals surface area (Å²) in [5, 5.41) is 6.76. The molecule has 0 saturated carbocycles. The number of fused-ring (bicyclic) bond motifs is 1. The largest absolute Gasteiger partial charge is 0.486 e. The minimum absolute atomic E-state index is 0.0765. The summed E-state index contributed by atoms with van der Waals surface area (Å²) in [6.07, 6.45) is -0.0765. The van der Waals surface area contributed by atoms with Gasteiger partial charge in [0.2, 0.25) is 5.89 Å². The average Bonchev–Trinajstić information content (AvgIpc) is 3.24. The van der Waals surface area contributed by atoms with Gasteiger partial charge in [0.25, 0.3) is 5.91 Å². The summed E-state index contributed by atoms with van der Waals surface area (Å²) >= 11 is 0. The number of rotatable bonds is 8. The van der Waals surface area contributed by atoms with Crippen molar-refractivity contribution in [3.8, 4) is 11.5 Å². The van der Waals surface area contributed by atoms with E-state index in [1.165, 1.54) is 0 Å². The third-order valence-electron chi connectivity index (χ3n) is 4.79. The molecule has 1 amide bonds. The van der Waals surface area contributed by atoms with E-state index in [0.717, 1.165) is 18.0 Å². The first-order valence-electron chi connectivity index (χ1n) is 9.97. The average molecular weight is 408 g/mol. The maximum atomic E-state index is 12.1. The first-order chi connectivity index (χ1) is 14.7. The number of benzene rings is 2. The van der Waals surface area contributed by atoms with Crippen LogP contribution in [0, 0.1) is 0 Å². The van der Waals surface area contributed by atoms with Crippen LogP contribution in [-0.4, -0.2) is 46.7 Å². The van der Waals surface area contributed by atoms with Gasteiger partial charge in [0, 0.05) is 12.1 Å². The lowest BCUT2D eigenvalue weighted by Gasteiger charge is -2.30. The van der Waals surface area contributed by atoms with E-state index in [-0.39, 0.29) is 18.6 Å². The zero-order valence-corrected chi connectivity index (χ0v) is 16.8. The molecule has 2 aromatic carbocycles. The predicted octanol–water partition coefficient (Wildman–Crippen LogP) is 2.66. The fraction of sp³-hybridized carbons (Fsp3) is 0.318. The lowest BCUT2D eigenvalue weighted by atomic mass is 10.2. The lowest BCUT2D eigenvalue weighted by Crippen LogP contribution is -2.40. The number of nitrogens with zero attached hydrogens (tertiary/aromatic N) is 3. The molecule has 0 unspecified atom stereocenters. The quantitative estimate of drug-likeness (QED) is 0.613. The number of hydrogen-bond donors (Lipinski definition) is 1. The summed E-state index contributed by atoms with van der Waals surface area (Å²) in [6.45, 7) is 4.73. The van der Waals surface area contributed by atoms with Crippen molar-refractivity contribution in [2.45, 2.75) is 26.1 Å². The fourth-order valence-electron chi connectivity index (χ4n) is 3.21. The molecule has 0 radical (unpaired) electrons. The first-order valence-corrected chi connectivity index (χ1v) is 9.97. The van der Waals surface area contributed by atoms with Gasteiger partial charge in [0.15, 0.2) is 17.3 Å². The zero-order valence-electron chi connectivity index (χ0n) is 16.8. The number of hydrogen-bond acceptors (Lipinski definition) is 7. The minimum atomic E-state index is -0.174. The van der Waals surface area contributed by atoms with Gasteiger partial charge >= 0.3 is 0 Å². The molecule has 0 aliphatic carbocycles. The van der Waals surface area contributed by atoms with E-state index in [9.17, 15) is 4.79 Å². The van der Waals surface area contributed by atoms with Crippen LogP contribution in [0.2, 0.25) is 0 Å². The van der Waals surface area contributed by atoms with Crippen LogP contribution in [0.25, 0.3) is 0 Å². The Labute approximate surface area is 174 Å². The summed E-state index contributed by atoms with van der Waals surface area (Å²) in [5.74, 6) is 2.30. The van der Waals surface area contributed by atoms with E-state index < -0.39 is 0 Å². The highest BCUT2D eigenvalue weighted by atomic mass is 16.6. The van der Waals surface area contributed by atoms with Crippen molar-refractivity contribution >= 4 is 5.91 Å². The van der Waals surface area contributed by atoms with Crippen LogP contribution in [0.3, 0.4) is 0 Å². The van der Waals surface area contributed by atoms with Crippen LogP contribution in [0.5, 0.6) is 11.5 Å². The van der Waals surface area contributed by atoms with Gasteiger partial charge in [-0.3, -0.25) is 9.69 Å². The SMILES string of the molecule is CCN(Cc1nc(CNC(=O)c2ccccc2)no1)C[C@H]1COc2ccccc2O1. The molecule has 0 fully saturated rings. The Bertz CT molecular complexity index is 976. The van der Waals surface area contributed by atoms with Gasteiger partial charge in [0.05, 0.1) is 13.1 Å². The van der Waals surface area contributed by atoms with Gasteiger partial charge in [-0.05, 0) is 30.8 Å². The van der Waals surface area contributed by atoms with Gasteiger partial charge in [-0.2, -0.15) is 4.98 Å². The number of para-hydroxylation sites is 2. The van der Waals surface area contributed by atoms with Crippen molar-refractivity contribution in [2.24, 2.45) is 0 Å². The number of likely N-dealkylation sites (N-methyl/N-ethyl adjacent to an activating group) is 1. The van der Waals surface area contributed by atoms with E-state index in [2.05, 4.69) is 27.3 Å². The standard InChI is InChI=1S/C22H24N4O4/c1-2-26(13-17-15-28-18-10-6-7-11-19(18)29-17)14-21-24-20(25-30-21)12-23-22(27)16-8-4-3-5-9-16/h3-11,17H,2,12-15H2,1H3,(H,23,27)/t17-/m0/s1. The summed E-state index contributed by atoms with van der Waals surface area (Å²) < 4.78 is 17.2. The Balaban J connectivity index is 1.28. The second-order valence-corrected chi connectivity index (χ2v) is 6.98. The second-order valence-electron chi connectivity index (χ2n) is 6.98. The molecule has 30 heavy (non-hydrogen) atoms. The summed E-state index contributed by atoms with van der Waals surface area (Å²) in [5.41, 5.74) is 0.592. The summed E-state index contributed by atoms with van der Waals surface area (Å²) in [4.78, 5) is 18.7.